The number of rotatable bonds is 0. The zero-order valence-corrected chi connectivity index (χ0v) is 10.8. The van der Waals surface area contributed by atoms with Crippen LogP contribution in [0.4, 0.5) is 13.2 Å². The number of halogens is 8. The highest BCUT2D eigenvalue weighted by atomic mass is 80.0. The Balaban J connectivity index is 4.75. The summed E-state index contributed by atoms with van der Waals surface area (Å²) >= 11 is 17.7. The first kappa shape index (κ1) is 12.8. The molecule has 8 heteroatoms. The van der Waals surface area contributed by atoms with Crippen molar-refractivity contribution in [2.75, 3.05) is 0 Å². The van der Waals surface area contributed by atoms with Crippen LogP contribution in [0, 0.1) is 0 Å². The fourth-order valence-corrected chi connectivity index (χ4v) is 0.835. The summed E-state index contributed by atoms with van der Waals surface area (Å²) in [5, 5.41) is 0. The second-order valence-corrected chi connectivity index (χ2v) is 9.66. The van der Waals surface area contributed by atoms with Gasteiger partial charge in [0.25, 0.3) is 0 Å². The number of alkyl halides is 8. The molecule has 68 valence electrons. The molecule has 0 bridgehead atoms. The molecule has 0 aromatic heterocycles. The average molecular weight is 404 g/mol. The van der Waals surface area contributed by atoms with E-state index in [1.54, 1.807) is 0 Å². The Morgan fingerprint density at radius 2 is 1.18 bits per heavy atom. The molecule has 0 saturated carbocycles. The van der Waals surface area contributed by atoms with Crippen molar-refractivity contribution < 1.29 is 13.2 Å². The van der Waals surface area contributed by atoms with Gasteiger partial charge in [0.1, 0.15) is 0 Å². The fourth-order valence-electron chi connectivity index (χ4n) is 0.161. The molecule has 0 rings (SSSR count). The second-order valence-electron chi connectivity index (χ2n) is 1.57. The van der Waals surface area contributed by atoms with E-state index in [2.05, 4.69) is 47.8 Å². The van der Waals surface area contributed by atoms with E-state index in [9.17, 15) is 13.2 Å². The Morgan fingerprint density at radius 3 is 1.18 bits per heavy atom. The smallest absolute Gasteiger partial charge is 0.168 e. The minimum absolute atomic E-state index is 1.78. The predicted molar refractivity (Wildman–Crippen MR) is 50.0 cm³/mol. The molecule has 0 saturated heterocycles. The van der Waals surface area contributed by atoms with Gasteiger partial charge >= 0.3 is 6.18 Å². The van der Waals surface area contributed by atoms with Gasteiger partial charge in [0.15, 0.2) is 2.14 Å². The van der Waals surface area contributed by atoms with Gasteiger partial charge in [-0.15, -0.1) is 0 Å². The van der Waals surface area contributed by atoms with Crippen molar-refractivity contribution >= 4 is 71.0 Å². The molecule has 0 nitrogen and oxygen atoms in total. The minimum Gasteiger partial charge on any atom is -0.168 e. The maximum absolute atomic E-state index is 12.0. The van der Waals surface area contributed by atoms with Crippen molar-refractivity contribution in [1.82, 2.24) is 0 Å². The highest BCUT2D eigenvalue weighted by molar-refractivity contribution is 9.39. The molecule has 0 unspecified atom stereocenters. The molecule has 0 heterocycles. The van der Waals surface area contributed by atoms with E-state index in [1.165, 1.54) is 0 Å². The molecule has 0 amide bonds. The van der Waals surface area contributed by atoms with E-state index in [4.69, 9.17) is 23.2 Å². The Hall–Kier alpha value is 1.81. The van der Waals surface area contributed by atoms with E-state index < -0.39 is 12.7 Å². The van der Waals surface area contributed by atoms with Crippen LogP contribution in [-0.2, 0) is 0 Å². The third-order valence-electron chi connectivity index (χ3n) is 0.712. The summed E-state index contributed by atoms with van der Waals surface area (Å²) in [6.45, 7) is 0. The summed E-state index contributed by atoms with van der Waals surface area (Å²) in [6.07, 6.45) is -4.73. The zero-order valence-electron chi connectivity index (χ0n) is 4.52. The molecule has 0 aromatic rings. The van der Waals surface area contributed by atoms with E-state index in [0.29, 0.717) is 0 Å². The molecule has 0 radical (unpaired) electrons. The molecule has 0 aliphatic carbocycles. The molecule has 0 aliphatic heterocycles. The van der Waals surface area contributed by atoms with Crippen LogP contribution in [0.2, 0.25) is 0 Å². The summed E-state index contributed by atoms with van der Waals surface area (Å²) in [5.41, 5.74) is 0. The quantitative estimate of drug-likeness (QED) is 0.520. The van der Waals surface area contributed by atoms with Gasteiger partial charge in [0.2, 0.25) is 4.33 Å². The van der Waals surface area contributed by atoms with Crippen molar-refractivity contribution in [2.45, 2.75) is 12.7 Å². The van der Waals surface area contributed by atoms with Crippen LogP contribution >= 0.6 is 71.0 Å². The molecule has 0 N–H and O–H groups in total. The van der Waals surface area contributed by atoms with Crippen molar-refractivity contribution in [3.63, 3.8) is 0 Å². The van der Waals surface area contributed by atoms with E-state index in [-0.39, 0.29) is 0 Å². The summed E-state index contributed by atoms with van der Waals surface area (Å²) in [6, 6.07) is 0. The summed E-state index contributed by atoms with van der Waals surface area (Å²) in [5.74, 6) is 0. The van der Waals surface area contributed by atoms with Crippen LogP contribution in [0.5, 0.6) is 0 Å². The van der Waals surface area contributed by atoms with Crippen molar-refractivity contribution in [1.29, 1.82) is 0 Å². The van der Waals surface area contributed by atoms with Gasteiger partial charge in [-0.05, 0) is 0 Å². The lowest BCUT2D eigenvalue weighted by Gasteiger charge is -2.30. The second kappa shape index (κ2) is 3.52. The molecule has 0 atom stereocenters. The largest absolute Gasteiger partial charge is 0.424 e. The lowest BCUT2D eigenvalue weighted by atomic mass is 10.4. The van der Waals surface area contributed by atoms with E-state index in [0.717, 1.165) is 0 Å². The molecule has 0 spiro atoms. The van der Waals surface area contributed by atoms with E-state index in [1.807, 2.05) is 0 Å². The lowest BCUT2D eigenvalue weighted by Crippen LogP contribution is -2.44. The van der Waals surface area contributed by atoms with Crippen molar-refractivity contribution in [3.8, 4) is 0 Å². The van der Waals surface area contributed by atoms with Crippen LogP contribution < -0.4 is 0 Å². The van der Waals surface area contributed by atoms with Gasteiger partial charge in [0, 0.05) is 0 Å². The highest BCUT2D eigenvalue weighted by Gasteiger charge is 2.63. The Labute approximate surface area is 96.2 Å². The van der Waals surface area contributed by atoms with Crippen molar-refractivity contribution in [2.24, 2.45) is 0 Å². The number of hydrogen-bond acceptors (Lipinski definition) is 0. The van der Waals surface area contributed by atoms with Crippen molar-refractivity contribution in [3.05, 3.63) is 0 Å². The predicted octanol–water partition coefficient (Wildman–Crippen LogP) is 4.56. The van der Waals surface area contributed by atoms with Gasteiger partial charge in [-0.2, -0.15) is 13.2 Å². The first-order valence-corrected chi connectivity index (χ1v) is 5.15. The molecule has 11 heavy (non-hydrogen) atoms. The Bertz CT molecular complexity index is 133. The Morgan fingerprint density at radius 1 is 0.909 bits per heavy atom. The van der Waals surface area contributed by atoms with Crippen LogP contribution in [0.1, 0.15) is 0 Å². The average Bonchev–Trinajstić information content (AvgIpc) is 1.58. The highest BCUT2D eigenvalue weighted by Crippen LogP contribution is 2.57. The van der Waals surface area contributed by atoms with Gasteiger partial charge in [-0.3, -0.25) is 0 Å². The fraction of sp³-hybridized carbons (Fsp3) is 1.00. The van der Waals surface area contributed by atoms with E-state index >= 15 is 0 Å². The molecule has 0 aromatic carbocycles. The van der Waals surface area contributed by atoms with Crippen LogP contribution in [0.25, 0.3) is 0 Å². The molecule has 0 fully saturated rings. The standard InChI is InChI=1S/C3Br3Cl2F3/c4-2(5,6)1(7,8)3(9,10)11. The summed E-state index contributed by atoms with van der Waals surface area (Å²) < 4.78 is 31.2. The third kappa shape index (κ3) is 2.90. The zero-order chi connectivity index (χ0) is 9.50. The normalized spacial score (nSPS) is 15.3. The van der Waals surface area contributed by atoms with Crippen LogP contribution in [-0.4, -0.2) is 12.7 Å². The SMILES string of the molecule is FC(F)(F)C(Cl)(Cl)C(Br)(Br)Br. The third-order valence-corrected chi connectivity index (χ3v) is 4.86. The van der Waals surface area contributed by atoms with Crippen LogP contribution in [0.3, 0.4) is 0 Å². The van der Waals surface area contributed by atoms with Gasteiger partial charge in [0.05, 0.1) is 0 Å². The number of hydrogen-bond donors (Lipinski definition) is 0. The molecular formula is C3Br3Cl2F3. The van der Waals surface area contributed by atoms with Gasteiger partial charge in [-0.25, -0.2) is 0 Å². The lowest BCUT2D eigenvalue weighted by molar-refractivity contribution is -0.138. The topological polar surface area (TPSA) is 0 Å². The maximum atomic E-state index is 12.0. The van der Waals surface area contributed by atoms with Gasteiger partial charge < -0.3 is 0 Å². The molecular weight excluding hydrogens is 404 g/mol. The summed E-state index contributed by atoms with van der Waals surface area (Å²) in [4.78, 5) is 0. The minimum atomic E-state index is -4.73. The maximum Gasteiger partial charge on any atom is 0.424 e. The van der Waals surface area contributed by atoms with Gasteiger partial charge in [-0.1, -0.05) is 71.0 Å². The summed E-state index contributed by atoms with van der Waals surface area (Å²) in [7, 11) is 0. The first-order valence-electron chi connectivity index (χ1n) is 2.01. The monoisotopic (exact) mass is 400 g/mol. The molecule has 0 aliphatic rings. The van der Waals surface area contributed by atoms with Crippen LogP contribution in [0.15, 0.2) is 0 Å². The Kier molecular flexibility index (Phi) is 4.10. The first-order chi connectivity index (χ1) is 4.50.